The van der Waals surface area contributed by atoms with E-state index in [1.165, 1.54) is 12.1 Å². The van der Waals surface area contributed by atoms with E-state index in [-0.39, 0.29) is 5.02 Å². The molecule has 20 heavy (non-hydrogen) atoms. The number of nitrogens with one attached hydrogen (secondary N) is 1. The Balaban J connectivity index is 1.97. The minimum Gasteiger partial charge on any atom is -0.487 e. The van der Waals surface area contributed by atoms with Crippen LogP contribution in [-0.4, -0.2) is 11.5 Å². The van der Waals surface area contributed by atoms with Gasteiger partial charge in [-0.25, -0.2) is 4.39 Å². The lowest BCUT2D eigenvalue weighted by atomic mass is 10.3. The third-order valence-corrected chi connectivity index (χ3v) is 3.00. The van der Waals surface area contributed by atoms with E-state index in [1.54, 1.807) is 6.07 Å². The van der Waals surface area contributed by atoms with E-state index >= 15 is 0 Å². The normalized spacial score (nSPS) is 10.6. The molecule has 0 amide bonds. The smallest absolute Gasteiger partial charge is 0.145 e. The molecule has 2 rings (SSSR count). The molecule has 0 saturated carbocycles. The van der Waals surface area contributed by atoms with Crippen LogP contribution in [0.2, 0.25) is 5.02 Å². The third-order valence-electron chi connectivity index (χ3n) is 2.70. The van der Waals surface area contributed by atoms with Crippen molar-refractivity contribution in [2.75, 3.05) is 6.54 Å². The summed E-state index contributed by atoms with van der Waals surface area (Å²) in [6, 6.07) is 10.1. The van der Waals surface area contributed by atoms with E-state index in [2.05, 4.69) is 10.3 Å². The van der Waals surface area contributed by atoms with Crippen molar-refractivity contribution in [1.82, 2.24) is 10.3 Å². The molecule has 0 saturated heterocycles. The molecule has 0 aliphatic heterocycles. The van der Waals surface area contributed by atoms with E-state index in [9.17, 15) is 4.39 Å². The summed E-state index contributed by atoms with van der Waals surface area (Å²) in [5.41, 5.74) is 1.76. The molecular weight excluding hydrogens is 279 g/mol. The first kappa shape index (κ1) is 14.8. The second-order valence-electron chi connectivity index (χ2n) is 4.27. The Kier molecular flexibility index (Phi) is 5.32. The van der Waals surface area contributed by atoms with Crippen LogP contribution < -0.4 is 10.1 Å². The van der Waals surface area contributed by atoms with E-state index in [0.29, 0.717) is 12.4 Å². The number of hydrogen-bond donors (Lipinski definition) is 1. The molecular formula is C15H16ClFN2O. The zero-order valence-electron chi connectivity index (χ0n) is 11.2. The highest BCUT2D eigenvalue weighted by Crippen LogP contribution is 2.21. The van der Waals surface area contributed by atoms with Gasteiger partial charge >= 0.3 is 0 Å². The van der Waals surface area contributed by atoms with Gasteiger partial charge in [0, 0.05) is 12.6 Å². The zero-order valence-corrected chi connectivity index (χ0v) is 12.0. The number of rotatable bonds is 6. The molecule has 0 atom stereocenters. The van der Waals surface area contributed by atoms with Gasteiger partial charge in [-0.2, -0.15) is 0 Å². The fourth-order valence-electron chi connectivity index (χ4n) is 1.69. The van der Waals surface area contributed by atoms with Gasteiger partial charge in [-0.05, 0) is 30.8 Å². The molecule has 5 heteroatoms. The number of benzene rings is 1. The lowest BCUT2D eigenvalue weighted by molar-refractivity contribution is 0.299. The van der Waals surface area contributed by atoms with Crippen molar-refractivity contribution in [2.24, 2.45) is 0 Å². The molecule has 0 fully saturated rings. The first-order valence-corrected chi connectivity index (χ1v) is 6.80. The summed E-state index contributed by atoms with van der Waals surface area (Å²) in [5.74, 6) is -0.0520. The van der Waals surface area contributed by atoms with Gasteiger partial charge < -0.3 is 10.1 Å². The van der Waals surface area contributed by atoms with Gasteiger partial charge in [-0.15, -0.1) is 0 Å². The minimum atomic E-state index is -0.488. The van der Waals surface area contributed by atoms with Crippen molar-refractivity contribution >= 4 is 11.6 Å². The Morgan fingerprint density at radius 1 is 1.25 bits per heavy atom. The predicted octanol–water partition coefficient (Wildman–Crippen LogP) is 3.56. The fourth-order valence-corrected chi connectivity index (χ4v) is 1.80. The minimum absolute atomic E-state index is 0.0862. The summed E-state index contributed by atoms with van der Waals surface area (Å²) in [7, 11) is 0. The summed E-state index contributed by atoms with van der Waals surface area (Å²) < 4.78 is 18.8. The van der Waals surface area contributed by atoms with Crippen LogP contribution >= 0.6 is 11.6 Å². The van der Waals surface area contributed by atoms with Crippen molar-refractivity contribution in [3.05, 3.63) is 58.6 Å². The quantitative estimate of drug-likeness (QED) is 0.884. The molecule has 1 aromatic carbocycles. The predicted molar refractivity (Wildman–Crippen MR) is 77.4 cm³/mol. The molecule has 0 bridgehead atoms. The molecule has 0 radical (unpaired) electrons. The maximum Gasteiger partial charge on any atom is 0.145 e. The third kappa shape index (κ3) is 4.18. The molecule has 1 aromatic heterocycles. The summed E-state index contributed by atoms with van der Waals surface area (Å²) in [5, 5.41) is 3.30. The molecule has 0 unspecified atom stereocenters. The van der Waals surface area contributed by atoms with E-state index < -0.39 is 5.82 Å². The fraction of sp³-hybridized carbons (Fsp3) is 0.267. The second kappa shape index (κ2) is 7.22. The number of ether oxygens (including phenoxy) is 1. The number of halogens is 2. The molecule has 0 aliphatic carbocycles. The van der Waals surface area contributed by atoms with Crippen molar-refractivity contribution in [3.8, 4) is 5.75 Å². The summed E-state index contributed by atoms with van der Waals surface area (Å²) in [6.07, 6.45) is 0. The number of nitrogens with zero attached hydrogens (tertiary/aromatic N) is 1. The van der Waals surface area contributed by atoms with E-state index in [1.807, 2.05) is 25.1 Å². The molecule has 1 heterocycles. The molecule has 0 aliphatic rings. The maximum atomic E-state index is 13.3. The number of aromatic nitrogens is 1. The average Bonchev–Trinajstić information content (AvgIpc) is 2.47. The first-order chi connectivity index (χ1) is 9.69. The Morgan fingerprint density at radius 2 is 2.05 bits per heavy atom. The Hall–Kier alpha value is -1.65. The van der Waals surface area contributed by atoms with E-state index in [4.69, 9.17) is 16.3 Å². The highest BCUT2D eigenvalue weighted by Gasteiger charge is 2.03. The average molecular weight is 295 g/mol. The van der Waals surface area contributed by atoms with Crippen molar-refractivity contribution < 1.29 is 9.13 Å². The Bertz CT molecular complexity index is 578. The van der Waals surface area contributed by atoms with Gasteiger partial charge in [-0.1, -0.05) is 24.6 Å². The van der Waals surface area contributed by atoms with Crippen molar-refractivity contribution in [2.45, 2.75) is 20.1 Å². The molecule has 106 valence electrons. The molecule has 2 aromatic rings. The molecule has 1 N–H and O–H groups in total. The second-order valence-corrected chi connectivity index (χ2v) is 4.67. The van der Waals surface area contributed by atoms with Crippen LogP contribution in [0, 0.1) is 5.82 Å². The molecule has 0 spiro atoms. The summed E-state index contributed by atoms with van der Waals surface area (Å²) in [6.45, 7) is 3.95. The Labute approximate surface area is 122 Å². The van der Waals surface area contributed by atoms with Gasteiger partial charge in [0.1, 0.15) is 18.2 Å². The zero-order chi connectivity index (χ0) is 14.4. The van der Waals surface area contributed by atoms with Crippen LogP contribution in [0.15, 0.2) is 36.4 Å². The Morgan fingerprint density at radius 3 is 2.80 bits per heavy atom. The highest BCUT2D eigenvalue weighted by molar-refractivity contribution is 6.30. The number of pyridine rings is 1. The molecule has 3 nitrogen and oxygen atoms in total. The standard InChI is InChI=1S/C15H16ClFN2O/c1-2-18-9-11-4-3-5-12(19-11)10-20-13-6-7-14(16)15(17)8-13/h3-8,18H,2,9-10H2,1H3. The van der Waals surface area contributed by atoms with Crippen molar-refractivity contribution in [3.63, 3.8) is 0 Å². The lowest BCUT2D eigenvalue weighted by Gasteiger charge is -2.08. The monoisotopic (exact) mass is 294 g/mol. The van der Waals surface area contributed by atoms with Crippen LogP contribution in [0.3, 0.4) is 0 Å². The van der Waals surface area contributed by atoms with E-state index in [0.717, 1.165) is 24.5 Å². The van der Waals surface area contributed by atoms with Gasteiger partial charge in [0.2, 0.25) is 0 Å². The summed E-state index contributed by atoms with van der Waals surface area (Å²) in [4.78, 5) is 4.46. The van der Waals surface area contributed by atoms with Crippen LogP contribution in [0.5, 0.6) is 5.75 Å². The lowest BCUT2D eigenvalue weighted by Crippen LogP contribution is -2.13. The largest absolute Gasteiger partial charge is 0.487 e. The number of hydrogen-bond acceptors (Lipinski definition) is 3. The van der Waals surface area contributed by atoms with Gasteiger partial charge in [0.05, 0.1) is 16.4 Å². The maximum absolute atomic E-state index is 13.3. The highest BCUT2D eigenvalue weighted by atomic mass is 35.5. The van der Waals surface area contributed by atoms with Crippen LogP contribution in [0.1, 0.15) is 18.3 Å². The topological polar surface area (TPSA) is 34.1 Å². The van der Waals surface area contributed by atoms with Crippen LogP contribution in [-0.2, 0) is 13.2 Å². The first-order valence-electron chi connectivity index (χ1n) is 6.42. The van der Waals surface area contributed by atoms with Crippen molar-refractivity contribution in [1.29, 1.82) is 0 Å². The van der Waals surface area contributed by atoms with Crippen LogP contribution in [0.25, 0.3) is 0 Å². The van der Waals surface area contributed by atoms with Gasteiger partial charge in [0.15, 0.2) is 0 Å². The van der Waals surface area contributed by atoms with Gasteiger partial charge in [0.25, 0.3) is 0 Å². The van der Waals surface area contributed by atoms with Gasteiger partial charge in [-0.3, -0.25) is 4.98 Å². The summed E-state index contributed by atoms with van der Waals surface area (Å²) >= 11 is 5.62. The SMILES string of the molecule is CCNCc1cccc(COc2ccc(Cl)c(F)c2)n1. The van der Waals surface area contributed by atoms with Crippen LogP contribution in [0.4, 0.5) is 4.39 Å².